The summed E-state index contributed by atoms with van der Waals surface area (Å²) < 4.78 is 5.82. The molecule has 0 radical (unpaired) electrons. The number of carbonyl (C=O) groups is 2. The molecule has 24 heavy (non-hydrogen) atoms. The van der Waals surface area contributed by atoms with Gasteiger partial charge in [0, 0.05) is 58.2 Å². The first-order valence-corrected chi connectivity index (χ1v) is 8.12. The van der Waals surface area contributed by atoms with E-state index in [0.29, 0.717) is 37.5 Å². The van der Waals surface area contributed by atoms with Crippen LogP contribution in [0, 0.1) is 17.2 Å². The van der Waals surface area contributed by atoms with Gasteiger partial charge in [0.1, 0.15) is 12.2 Å². The van der Waals surface area contributed by atoms with E-state index in [1.165, 1.54) is 6.20 Å². The highest BCUT2D eigenvalue weighted by atomic mass is 16.5. The summed E-state index contributed by atoms with van der Waals surface area (Å²) in [6.07, 6.45) is 3.30. The number of carbonyl (C=O) groups excluding carboxylic acids is 2. The van der Waals surface area contributed by atoms with Gasteiger partial charge in [-0.1, -0.05) is 0 Å². The molecule has 1 aromatic rings. The summed E-state index contributed by atoms with van der Waals surface area (Å²) in [7, 11) is 1.74. The number of ether oxygens (including phenoxy) is 1. The Morgan fingerprint density at radius 3 is 2.67 bits per heavy atom. The fraction of sp³-hybridized carbons (Fsp3) is 0.529. The zero-order chi connectivity index (χ0) is 17.1. The summed E-state index contributed by atoms with van der Waals surface area (Å²) in [6, 6.07) is 5.39. The van der Waals surface area contributed by atoms with Gasteiger partial charge >= 0.3 is 0 Å². The normalized spacial score (nSPS) is 21.7. The minimum absolute atomic E-state index is 0.0161. The zero-order valence-corrected chi connectivity index (χ0v) is 13.6. The first kappa shape index (κ1) is 16.2. The Morgan fingerprint density at radius 1 is 1.38 bits per heavy atom. The Hall–Kier alpha value is -2.62. The summed E-state index contributed by atoms with van der Waals surface area (Å²) in [5.74, 6) is 0.406. The number of piperidine rings is 1. The quantitative estimate of drug-likeness (QED) is 0.819. The number of pyridine rings is 1. The molecule has 3 heterocycles. The molecule has 0 bridgehead atoms. The van der Waals surface area contributed by atoms with Crippen molar-refractivity contribution in [2.75, 3.05) is 26.7 Å². The molecule has 0 aliphatic carbocycles. The number of aromatic nitrogens is 1. The van der Waals surface area contributed by atoms with Crippen LogP contribution in [0.3, 0.4) is 0 Å². The largest absolute Gasteiger partial charge is 0.474 e. The van der Waals surface area contributed by atoms with Gasteiger partial charge in [-0.2, -0.15) is 5.26 Å². The molecular formula is C17H20N4O3. The second kappa shape index (κ2) is 6.87. The molecule has 0 unspecified atom stereocenters. The monoisotopic (exact) mass is 328 g/mol. The van der Waals surface area contributed by atoms with Crippen LogP contribution in [0.1, 0.15) is 24.8 Å². The van der Waals surface area contributed by atoms with Crippen LogP contribution in [0.15, 0.2) is 18.3 Å². The highest BCUT2D eigenvalue weighted by Gasteiger charge is 2.36. The van der Waals surface area contributed by atoms with Crippen molar-refractivity contribution in [3.63, 3.8) is 0 Å². The van der Waals surface area contributed by atoms with Crippen LogP contribution in [-0.4, -0.2) is 59.4 Å². The summed E-state index contributed by atoms with van der Waals surface area (Å²) in [4.78, 5) is 31.6. The van der Waals surface area contributed by atoms with Gasteiger partial charge < -0.3 is 14.5 Å². The number of nitriles is 1. The van der Waals surface area contributed by atoms with Crippen molar-refractivity contribution in [3.8, 4) is 11.9 Å². The smallest absolute Gasteiger partial charge is 0.227 e. The molecule has 2 aliphatic rings. The molecule has 0 spiro atoms. The standard InChI is InChI=1S/C17H20N4O3/c1-20-11-13(8-16(20)22)17(23)21-6-4-14(5-7-21)24-15-3-2-12(9-18)10-19-15/h2-3,10,13-14H,4-8,11H2,1H3/t13-/m0/s1. The van der Waals surface area contributed by atoms with Crippen LogP contribution in [0.25, 0.3) is 0 Å². The lowest BCUT2D eigenvalue weighted by molar-refractivity contribution is -0.137. The maximum atomic E-state index is 12.5. The van der Waals surface area contributed by atoms with Crippen molar-refractivity contribution in [3.05, 3.63) is 23.9 Å². The lowest BCUT2D eigenvalue weighted by Crippen LogP contribution is -2.44. The van der Waals surface area contributed by atoms with Gasteiger partial charge in [0.05, 0.1) is 11.5 Å². The van der Waals surface area contributed by atoms with Crippen molar-refractivity contribution in [1.29, 1.82) is 5.26 Å². The summed E-state index contributed by atoms with van der Waals surface area (Å²) in [5, 5.41) is 8.76. The molecule has 7 heteroatoms. The van der Waals surface area contributed by atoms with Crippen LogP contribution in [0.5, 0.6) is 5.88 Å². The Morgan fingerprint density at radius 2 is 2.12 bits per heavy atom. The summed E-state index contributed by atoms with van der Waals surface area (Å²) in [5.41, 5.74) is 0.499. The highest BCUT2D eigenvalue weighted by Crippen LogP contribution is 2.22. The SMILES string of the molecule is CN1C[C@@H](C(=O)N2CCC(Oc3ccc(C#N)cn3)CC2)CC1=O. The predicted molar refractivity (Wildman–Crippen MR) is 84.9 cm³/mol. The number of nitrogens with zero attached hydrogens (tertiary/aromatic N) is 4. The van der Waals surface area contributed by atoms with Crippen molar-refractivity contribution in [2.24, 2.45) is 5.92 Å². The molecular weight excluding hydrogens is 308 g/mol. The minimum atomic E-state index is -0.208. The van der Waals surface area contributed by atoms with Crippen molar-refractivity contribution < 1.29 is 14.3 Å². The molecule has 126 valence electrons. The first-order chi connectivity index (χ1) is 11.6. The van der Waals surface area contributed by atoms with E-state index in [0.717, 1.165) is 12.8 Å². The van der Waals surface area contributed by atoms with Crippen LogP contribution < -0.4 is 4.74 Å². The maximum Gasteiger partial charge on any atom is 0.227 e. The summed E-state index contributed by atoms with van der Waals surface area (Å²) in [6.45, 7) is 1.78. The fourth-order valence-corrected chi connectivity index (χ4v) is 3.17. The van der Waals surface area contributed by atoms with E-state index in [1.54, 1.807) is 24.1 Å². The van der Waals surface area contributed by atoms with E-state index in [1.807, 2.05) is 11.0 Å². The van der Waals surface area contributed by atoms with Crippen LogP contribution >= 0.6 is 0 Å². The van der Waals surface area contributed by atoms with E-state index in [4.69, 9.17) is 10.00 Å². The molecule has 0 aromatic carbocycles. The topological polar surface area (TPSA) is 86.5 Å². The molecule has 0 saturated carbocycles. The molecule has 2 fully saturated rings. The number of rotatable bonds is 3. The molecule has 2 amide bonds. The highest BCUT2D eigenvalue weighted by molar-refractivity contribution is 5.89. The molecule has 1 atom stereocenters. The fourth-order valence-electron chi connectivity index (χ4n) is 3.17. The third-order valence-electron chi connectivity index (χ3n) is 4.60. The average Bonchev–Trinajstić information content (AvgIpc) is 2.95. The molecule has 0 N–H and O–H groups in total. The number of amides is 2. The lowest BCUT2D eigenvalue weighted by Gasteiger charge is -2.33. The molecule has 1 aromatic heterocycles. The predicted octanol–water partition coefficient (Wildman–Crippen LogP) is 0.801. The molecule has 7 nitrogen and oxygen atoms in total. The van der Waals surface area contributed by atoms with E-state index < -0.39 is 0 Å². The molecule has 2 aliphatic heterocycles. The van der Waals surface area contributed by atoms with Gasteiger partial charge in [-0.3, -0.25) is 9.59 Å². The Bertz CT molecular complexity index is 659. The Labute approximate surface area is 140 Å². The second-order valence-electron chi connectivity index (χ2n) is 6.31. The Kier molecular flexibility index (Phi) is 4.65. The minimum Gasteiger partial charge on any atom is -0.474 e. The van der Waals surface area contributed by atoms with Crippen molar-refractivity contribution >= 4 is 11.8 Å². The number of likely N-dealkylation sites (tertiary alicyclic amines) is 2. The van der Waals surface area contributed by atoms with E-state index >= 15 is 0 Å². The third-order valence-corrected chi connectivity index (χ3v) is 4.60. The van der Waals surface area contributed by atoms with Gasteiger partial charge in [-0.25, -0.2) is 4.98 Å². The maximum absolute atomic E-state index is 12.5. The van der Waals surface area contributed by atoms with Gasteiger partial charge in [0.2, 0.25) is 17.7 Å². The van der Waals surface area contributed by atoms with E-state index in [2.05, 4.69) is 4.98 Å². The Balaban J connectivity index is 1.49. The van der Waals surface area contributed by atoms with Crippen molar-refractivity contribution in [1.82, 2.24) is 14.8 Å². The third kappa shape index (κ3) is 3.48. The lowest BCUT2D eigenvalue weighted by atomic mass is 10.0. The van der Waals surface area contributed by atoms with Gasteiger partial charge in [-0.05, 0) is 6.07 Å². The zero-order valence-electron chi connectivity index (χ0n) is 13.6. The van der Waals surface area contributed by atoms with Crippen LogP contribution in [-0.2, 0) is 9.59 Å². The molecule has 3 rings (SSSR count). The van der Waals surface area contributed by atoms with Crippen LogP contribution in [0.2, 0.25) is 0 Å². The van der Waals surface area contributed by atoms with E-state index in [-0.39, 0.29) is 23.8 Å². The van der Waals surface area contributed by atoms with Crippen LogP contribution in [0.4, 0.5) is 0 Å². The van der Waals surface area contributed by atoms with Gasteiger partial charge in [-0.15, -0.1) is 0 Å². The summed E-state index contributed by atoms with van der Waals surface area (Å²) >= 11 is 0. The van der Waals surface area contributed by atoms with Gasteiger partial charge in [0.15, 0.2) is 0 Å². The van der Waals surface area contributed by atoms with Gasteiger partial charge in [0.25, 0.3) is 0 Å². The number of hydrogen-bond acceptors (Lipinski definition) is 5. The molecule has 2 saturated heterocycles. The first-order valence-electron chi connectivity index (χ1n) is 8.12. The average molecular weight is 328 g/mol. The second-order valence-corrected chi connectivity index (χ2v) is 6.31. The van der Waals surface area contributed by atoms with Crippen molar-refractivity contribution in [2.45, 2.75) is 25.4 Å². The van der Waals surface area contributed by atoms with E-state index in [9.17, 15) is 9.59 Å². The number of hydrogen-bond donors (Lipinski definition) is 0.